The molecule has 0 aromatic carbocycles. The monoisotopic (exact) mass is 291 g/mol. The van der Waals surface area contributed by atoms with Gasteiger partial charge < -0.3 is 14.8 Å². The molecule has 1 fully saturated rings. The summed E-state index contributed by atoms with van der Waals surface area (Å²) in [5.74, 6) is 3.36. The van der Waals surface area contributed by atoms with Gasteiger partial charge in [-0.15, -0.1) is 10.2 Å². The number of aromatic nitrogens is 3. The largest absolute Gasteiger partial charge is 0.331 e. The Morgan fingerprint density at radius 1 is 1.48 bits per heavy atom. The van der Waals surface area contributed by atoms with Crippen LogP contribution in [0.2, 0.25) is 0 Å². The standard InChI is InChI=1S/C15H25N5O/c1-10(2)20(9-12-7-11(12)3)15(21)16-8-14-18-17-13-5-4-6-19(13)14/h10-12H,4-9H2,1-3H3,(H,16,21)/t11-,12+/m0/s1. The van der Waals surface area contributed by atoms with Crippen LogP contribution in [0.25, 0.3) is 0 Å². The van der Waals surface area contributed by atoms with Crippen LogP contribution in [0.1, 0.15) is 45.3 Å². The number of hydrogen-bond donors (Lipinski definition) is 1. The number of fused-ring (bicyclic) bond motifs is 1. The molecule has 2 amide bonds. The predicted octanol–water partition coefficient (Wildman–Crippen LogP) is 1.80. The molecule has 0 spiro atoms. The van der Waals surface area contributed by atoms with Gasteiger partial charge in [-0.05, 0) is 38.5 Å². The van der Waals surface area contributed by atoms with E-state index in [1.807, 2.05) is 4.90 Å². The number of rotatable bonds is 5. The molecule has 0 radical (unpaired) electrons. The highest BCUT2D eigenvalue weighted by molar-refractivity contribution is 5.74. The normalized spacial score (nSPS) is 23.2. The quantitative estimate of drug-likeness (QED) is 0.899. The molecule has 1 aromatic rings. The van der Waals surface area contributed by atoms with Crippen LogP contribution in [0, 0.1) is 11.8 Å². The SMILES string of the molecule is CC(C)N(C[C@H]1C[C@@H]1C)C(=O)NCc1nnc2n1CCC2. The number of carbonyl (C=O) groups excluding carboxylic acids is 1. The zero-order chi connectivity index (χ0) is 15.0. The Morgan fingerprint density at radius 2 is 2.24 bits per heavy atom. The van der Waals surface area contributed by atoms with Crippen molar-refractivity contribution in [3.05, 3.63) is 11.6 Å². The third kappa shape index (κ3) is 3.04. The van der Waals surface area contributed by atoms with E-state index in [4.69, 9.17) is 0 Å². The number of hydrogen-bond acceptors (Lipinski definition) is 3. The lowest BCUT2D eigenvalue weighted by Gasteiger charge is -2.27. The Hall–Kier alpha value is -1.59. The number of nitrogens with zero attached hydrogens (tertiary/aromatic N) is 4. The number of carbonyl (C=O) groups is 1. The highest BCUT2D eigenvalue weighted by Gasteiger charge is 2.35. The van der Waals surface area contributed by atoms with Crippen LogP contribution >= 0.6 is 0 Å². The predicted molar refractivity (Wildman–Crippen MR) is 79.7 cm³/mol. The third-order valence-electron chi connectivity index (χ3n) is 4.68. The number of urea groups is 1. The maximum absolute atomic E-state index is 12.4. The summed E-state index contributed by atoms with van der Waals surface area (Å²) in [6.07, 6.45) is 3.37. The third-order valence-corrected chi connectivity index (χ3v) is 4.68. The van der Waals surface area contributed by atoms with E-state index < -0.39 is 0 Å². The highest BCUT2D eigenvalue weighted by atomic mass is 16.2. The topological polar surface area (TPSA) is 63.1 Å². The lowest BCUT2D eigenvalue weighted by atomic mass is 10.2. The van der Waals surface area contributed by atoms with Gasteiger partial charge in [0.05, 0.1) is 6.54 Å². The van der Waals surface area contributed by atoms with Crippen molar-refractivity contribution in [1.29, 1.82) is 0 Å². The van der Waals surface area contributed by atoms with Crippen molar-refractivity contribution < 1.29 is 4.79 Å². The molecule has 116 valence electrons. The fourth-order valence-corrected chi connectivity index (χ4v) is 3.03. The lowest BCUT2D eigenvalue weighted by Crippen LogP contribution is -2.45. The van der Waals surface area contributed by atoms with Crippen molar-refractivity contribution in [3.8, 4) is 0 Å². The van der Waals surface area contributed by atoms with E-state index in [0.29, 0.717) is 12.5 Å². The first-order valence-corrected chi connectivity index (χ1v) is 8.01. The van der Waals surface area contributed by atoms with Gasteiger partial charge in [0.25, 0.3) is 0 Å². The van der Waals surface area contributed by atoms with Crippen LogP contribution in [-0.2, 0) is 19.5 Å². The fourth-order valence-electron chi connectivity index (χ4n) is 3.03. The van der Waals surface area contributed by atoms with Crippen molar-refractivity contribution in [1.82, 2.24) is 25.0 Å². The molecule has 1 saturated carbocycles. The van der Waals surface area contributed by atoms with Gasteiger partial charge in [0.2, 0.25) is 0 Å². The van der Waals surface area contributed by atoms with E-state index >= 15 is 0 Å². The molecule has 0 unspecified atom stereocenters. The molecule has 1 aromatic heterocycles. The minimum absolute atomic E-state index is 0.0134. The van der Waals surface area contributed by atoms with E-state index in [0.717, 1.165) is 43.5 Å². The van der Waals surface area contributed by atoms with E-state index in [2.05, 4.69) is 40.9 Å². The number of nitrogens with one attached hydrogen (secondary N) is 1. The zero-order valence-corrected chi connectivity index (χ0v) is 13.2. The number of aryl methyl sites for hydroxylation is 1. The summed E-state index contributed by atoms with van der Waals surface area (Å²) in [5.41, 5.74) is 0. The van der Waals surface area contributed by atoms with E-state index in [9.17, 15) is 4.79 Å². The molecule has 1 N–H and O–H groups in total. The van der Waals surface area contributed by atoms with Gasteiger partial charge in [0.15, 0.2) is 5.82 Å². The van der Waals surface area contributed by atoms with Crippen LogP contribution < -0.4 is 5.32 Å². The van der Waals surface area contributed by atoms with Crippen molar-refractivity contribution in [2.75, 3.05) is 6.54 Å². The first-order chi connectivity index (χ1) is 10.1. The van der Waals surface area contributed by atoms with Crippen LogP contribution in [0.4, 0.5) is 4.79 Å². The molecule has 0 bridgehead atoms. The van der Waals surface area contributed by atoms with Gasteiger partial charge in [-0.3, -0.25) is 0 Å². The van der Waals surface area contributed by atoms with E-state index in [-0.39, 0.29) is 12.1 Å². The fraction of sp³-hybridized carbons (Fsp3) is 0.800. The molecule has 2 aliphatic rings. The maximum Gasteiger partial charge on any atom is 0.318 e. The van der Waals surface area contributed by atoms with E-state index in [1.165, 1.54) is 6.42 Å². The summed E-state index contributed by atoms with van der Waals surface area (Å²) in [6, 6.07) is 0.237. The van der Waals surface area contributed by atoms with Gasteiger partial charge in [0.1, 0.15) is 5.82 Å². The van der Waals surface area contributed by atoms with Crippen molar-refractivity contribution in [2.45, 2.75) is 59.2 Å². The van der Waals surface area contributed by atoms with Gasteiger partial charge >= 0.3 is 6.03 Å². The summed E-state index contributed by atoms with van der Waals surface area (Å²) in [7, 11) is 0. The molecule has 3 rings (SSSR count). The summed E-state index contributed by atoms with van der Waals surface area (Å²) >= 11 is 0. The van der Waals surface area contributed by atoms with Crippen LogP contribution in [0.3, 0.4) is 0 Å². The molecule has 1 aliphatic carbocycles. The van der Waals surface area contributed by atoms with Crippen molar-refractivity contribution >= 4 is 6.03 Å². The van der Waals surface area contributed by atoms with Gasteiger partial charge in [-0.2, -0.15) is 0 Å². The maximum atomic E-state index is 12.4. The minimum Gasteiger partial charge on any atom is -0.331 e. The Labute approximate surface area is 125 Å². The molecule has 21 heavy (non-hydrogen) atoms. The average molecular weight is 291 g/mol. The van der Waals surface area contributed by atoms with Crippen molar-refractivity contribution in [3.63, 3.8) is 0 Å². The second kappa shape index (κ2) is 5.66. The Kier molecular flexibility index (Phi) is 3.87. The smallest absolute Gasteiger partial charge is 0.318 e. The van der Waals surface area contributed by atoms with Crippen LogP contribution in [0.15, 0.2) is 0 Å². The van der Waals surface area contributed by atoms with Crippen LogP contribution in [-0.4, -0.2) is 38.3 Å². The molecular formula is C15H25N5O. The van der Waals surface area contributed by atoms with E-state index in [1.54, 1.807) is 0 Å². The highest BCUT2D eigenvalue weighted by Crippen LogP contribution is 2.38. The second-order valence-electron chi connectivity index (χ2n) is 6.67. The number of amides is 2. The molecule has 6 heteroatoms. The molecule has 0 saturated heterocycles. The minimum atomic E-state index is 0.0134. The molecule has 6 nitrogen and oxygen atoms in total. The lowest BCUT2D eigenvalue weighted by molar-refractivity contribution is 0.178. The summed E-state index contributed by atoms with van der Waals surface area (Å²) in [6.45, 7) is 8.70. The van der Waals surface area contributed by atoms with Gasteiger partial charge in [-0.25, -0.2) is 4.79 Å². The average Bonchev–Trinajstić information content (AvgIpc) is 2.85. The van der Waals surface area contributed by atoms with Crippen LogP contribution in [0.5, 0.6) is 0 Å². The van der Waals surface area contributed by atoms with Gasteiger partial charge in [-0.1, -0.05) is 6.92 Å². The Morgan fingerprint density at radius 3 is 2.90 bits per heavy atom. The molecule has 2 heterocycles. The Bertz CT molecular complexity index is 524. The zero-order valence-electron chi connectivity index (χ0n) is 13.2. The molecular weight excluding hydrogens is 266 g/mol. The molecule has 1 aliphatic heterocycles. The first-order valence-electron chi connectivity index (χ1n) is 8.01. The molecule has 2 atom stereocenters. The first kappa shape index (κ1) is 14.4. The second-order valence-corrected chi connectivity index (χ2v) is 6.67. The summed E-state index contributed by atoms with van der Waals surface area (Å²) in [5, 5.41) is 11.4. The Balaban J connectivity index is 1.56. The summed E-state index contributed by atoms with van der Waals surface area (Å²) < 4.78 is 2.13. The van der Waals surface area contributed by atoms with Gasteiger partial charge in [0, 0.05) is 25.6 Å². The van der Waals surface area contributed by atoms with Crippen molar-refractivity contribution in [2.24, 2.45) is 11.8 Å². The summed E-state index contributed by atoms with van der Waals surface area (Å²) in [4.78, 5) is 14.3.